The Kier molecular flexibility index (Phi) is 5.10. The molecule has 3 nitrogen and oxygen atoms in total. The van der Waals surface area contributed by atoms with E-state index in [0.29, 0.717) is 10.0 Å². The number of hydrogen-bond acceptors (Lipinski definition) is 2. The summed E-state index contributed by atoms with van der Waals surface area (Å²) in [5.41, 5.74) is 3.45. The molecule has 0 atom stereocenters. The van der Waals surface area contributed by atoms with Gasteiger partial charge in [0.15, 0.2) is 0 Å². The number of halogens is 2. The molecule has 0 aliphatic carbocycles. The Labute approximate surface area is 134 Å². The molecule has 0 heterocycles. The van der Waals surface area contributed by atoms with Crippen LogP contribution in [0.4, 0.5) is 11.4 Å². The number of carbonyl (C=O) groups excluding carboxylic acids is 1. The predicted octanol–water partition coefficient (Wildman–Crippen LogP) is 4.66. The van der Waals surface area contributed by atoms with Crippen LogP contribution in [0.3, 0.4) is 0 Å². The fraction of sp³-hybridized carbons (Fsp3) is 0.188. The second kappa shape index (κ2) is 6.83. The number of aryl methyl sites for hydroxylation is 1. The first-order valence-corrected chi connectivity index (χ1v) is 7.28. The van der Waals surface area contributed by atoms with Gasteiger partial charge in [-0.2, -0.15) is 0 Å². The molecular weight excluding hydrogens is 307 g/mol. The first-order chi connectivity index (χ1) is 9.97. The van der Waals surface area contributed by atoms with E-state index in [1.807, 2.05) is 32.0 Å². The molecular formula is C16H16Cl2N2O. The lowest BCUT2D eigenvalue weighted by atomic mass is 10.2. The molecule has 2 aromatic carbocycles. The van der Waals surface area contributed by atoms with E-state index in [9.17, 15) is 4.79 Å². The van der Waals surface area contributed by atoms with Gasteiger partial charge in [-0.15, -0.1) is 0 Å². The number of benzene rings is 2. The Morgan fingerprint density at radius 1 is 1.10 bits per heavy atom. The molecule has 21 heavy (non-hydrogen) atoms. The maximum atomic E-state index is 12.0. The summed E-state index contributed by atoms with van der Waals surface area (Å²) >= 11 is 12.0. The van der Waals surface area contributed by atoms with Crippen molar-refractivity contribution in [2.75, 3.05) is 17.2 Å². The molecule has 5 heteroatoms. The van der Waals surface area contributed by atoms with Crippen molar-refractivity contribution in [1.82, 2.24) is 0 Å². The second-order valence-corrected chi connectivity index (χ2v) is 5.62. The van der Waals surface area contributed by atoms with Gasteiger partial charge in [-0.3, -0.25) is 4.79 Å². The monoisotopic (exact) mass is 322 g/mol. The Morgan fingerprint density at radius 3 is 2.62 bits per heavy atom. The number of amides is 1. The van der Waals surface area contributed by atoms with Crippen molar-refractivity contribution in [1.29, 1.82) is 0 Å². The van der Waals surface area contributed by atoms with Crippen molar-refractivity contribution < 1.29 is 4.79 Å². The van der Waals surface area contributed by atoms with Crippen molar-refractivity contribution in [3.8, 4) is 0 Å². The molecule has 2 aromatic rings. The summed E-state index contributed by atoms with van der Waals surface area (Å²) in [6, 6.07) is 10.9. The molecule has 0 aliphatic rings. The Hall–Kier alpha value is -1.71. The van der Waals surface area contributed by atoms with Crippen LogP contribution in [0.1, 0.15) is 11.1 Å². The van der Waals surface area contributed by atoms with E-state index in [0.717, 1.165) is 22.5 Å². The van der Waals surface area contributed by atoms with E-state index in [-0.39, 0.29) is 12.5 Å². The van der Waals surface area contributed by atoms with E-state index in [1.165, 1.54) is 0 Å². The quantitative estimate of drug-likeness (QED) is 0.859. The molecule has 0 aromatic heterocycles. The topological polar surface area (TPSA) is 41.1 Å². The molecule has 0 spiro atoms. The highest BCUT2D eigenvalue weighted by Gasteiger charge is 2.07. The molecule has 110 valence electrons. The second-order valence-electron chi connectivity index (χ2n) is 4.77. The maximum Gasteiger partial charge on any atom is 0.243 e. The number of hydrogen-bond donors (Lipinski definition) is 2. The smallest absolute Gasteiger partial charge is 0.243 e. The summed E-state index contributed by atoms with van der Waals surface area (Å²) in [5.74, 6) is -0.139. The van der Waals surface area contributed by atoms with Gasteiger partial charge in [0.1, 0.15) is 0 Å². The Bertz CT molecular complexity index is 671. The SMILES string of the molecule is Cc1ccc(Cl)cc1NCC(=O)Nc1cccc(Cl)c1C. The van der Waals surface area contributed by atoms with Crippen LogP contribution in [0, 0.1) is 13.8 Å². The molecule has 0 bridgehead atoms. The molecule has 2 N–H and O–H groups in total. The van der Waals surface area contributed by atoms with Gasteiger partial charge in [0.25, 0.3) is 0 Å². The van der Waals surface area contributed by atoms with Crippen LogP contribution in [0.5, 0.6) is 0 Å². The first kappa shape index (κ1) is 15.7. The van der Waals surface area contributed by atoms with E-state index in [1.54, 1.807) is 18.2 Å². The lowest BCUT2D eigenvalue weighted by Gasteiger charge is -2.12. The van der Waals surface area contributed by atoms with Crippen LogP contribution < -0.4 is 10.6 Å². The van der Waals surface area contributed by atoms with E-state index in [2.05, 4.69) is 10.6 Å². The van der Waals surface area contributed by atoms with Crippen molar-refractivity contribution in [2.24, 2.45) is 0 Å². The lowest BCUT2D eigenvalue weighted by molar-refractivity contribution is -0.114. The van der Waals surface area contributed by atoms with Crippen molar-refractivity contribution in [3.63, 3.8) is 0 Å². The summed E-state index contributed by atoms with van der Waals surface area (Å²) in [4.78, 5) is 12.0. The van der Waals surface area contributed by atoms with E-state index < -0.39 is 0 Å². The third kappa shape index (κ3) is 4.13. The molecule has 0 saturated carbocycles. The highest BCUT2D eigenvalue weighted by atomic mass is 35.5. The zero-order valence-electron chi connectivity index (χ0n) is 11.8. The number of carbonyl (C=O) groups is 1. The molecule has 0 unspecified atom stereocenters. The fourth-order valence-electron chi connectivity index (χ4n) is 1.90. The third-order valence-corrected chi connectivity index (χ3v) is 3.83. The molecule has 0 fully saturated rings. The Morgan fingerprint density at radius 2 is 1.86 bits per heavy atom. The Balaban J connectivity index is 1.99. The zero-order chi connectivity index (χ0) is 15.4. The summed E-state index contributed by atoms with van der Waals surface area (Å²) < 4.78 is 0. The van der Waals surface area contributed by atoms with Crippen LogP contribution in [0.2, 0.25) is 10.0 Å². The first-order valence-electron chi connectivity index (χ1n) is 6.52. The molecule has 0 saturated heterocycles. The molecule has 2 rings (SSSR count). The van der Waals surface area contributed by atoms with Gasteiger partial charge in [0.2, 0.25) is 5.91 Å². The van der Waals surface area contributed by atoms with Gasteiger partial charge in [0.05, 0.1) is 6.54 Å². The number of anilines is 2. The molecule has 0 radical (unpaired) electrons. The minimum Gasteiger partial charge on any atom is -0.376 e. The van der Waals surface area contributed by atoms with Gasteiger partial charge in [-0.05, 0) is 49.2 Å². The van der Waals surface area contributed by atoms with E-state index in [4.69, 9.17) is 23.2 Å². The van der Waals surface area contributed by atoms with Gasteiger partial charge < -0.3 is 10.6 Å². The van der Waals surface area contributed by atoms with E-state index >= 15 is 0 Å². The van der Waals surface area contributed by atoms with Crippen LogP contribution in [-0.4, -0.2) is 12.5 Å². The highest BCUT2D eigenvalue weighted by molar-refractivity contribution is 6.31. The normalized spacial score (nSPS) is 10.3. The highest BCUT2D eigenvalue weighted by Crippen LogP contribution is 2.23. The van der Waals surface area contributed by atoms with Crippen molar-refractivity contribution in [2.45, 2.75) is 13.8 Å². The number of nitrogens with one attached hydrogen (secondary N) is 2. The summed E-state index contributed by atoms with van der Waals surface area (Å²) in [6.07, 6.45) is 0. The minimum atomic E-state index is -0.139. The zero-order valence-corrected chi connectivity index (χ0v) is 13.3. The van der Waals surface area contributed by atoms with Crippen molar-refractivity contribution in [3.05, 3.63) is 57.6 Å². The van der Waals surface area contributed by atoms with Crippen LogP contribution in [-0.2, 0) is 4.79 Å². The summed E-state index contributed by atoms with van der Waals surface area (Å²) in [5, 5.41) is 7.18. The maximum absolute atomic E-state index is 12.0. The van der Waals surface area contributed by atoms with Crippen LogP contribution in [0.25, 0.3) is 0 Å². The minimum absolute atomic E-state index is 0.139. The number of rotatable bonds is 4. The van der Waals surface area contributed by atoms with Gasteiger partial charge in [-0.25, -0.2) is 0 Å². The van der Waals surface area contributed by atoms with Gasteiger partial charge in [-0.1, -0.05) is 35.3 Å². The van der Waals surface area contributed by atoms with Crippen LogP contribution in [0.15, 0.2) is 36.4 Å². The fourth-order valence-corrected chi connectivity index (χ4v) is 2.24. The summed E-state index contributed by atoms with van der Waals surface area (Å²) in [7, 11) is 0. The molecule has 1 amide bonds. The van der Waals surface area contributed by atoms with Gasteiger partial charge >= 0.3 is 0 Å². The van der Waals surface area contributed by atoms with Crippen molar-refractivity contribution >= 4 is 40.5 Å². The largest absolute Gasteiger partial charge is 0.376 e. The third-order valence-electron chi connectivity index (χ3n) is 3.18. The average Bonchev–Trinajstić information content (AvgIpc) is 2.45. The predicted molar refractivity (Wildman–Crippen MR) is 89.5 cm³/mol. The van der Waals surface area contributed by atoms with Gasteiger partial charge in [0, 0.05) is 21.4 Å². The molecule has 0 aliphatic heterocycles. The summed E-state index contributed by atoms with van der Waals surface area (Å²) in [6.45, 7) is 3.98. The van der Waals surface area contributed by atoms with Crippen LogP contribution >= 0.6 is 23.2 Å². The standard InChI is InChI=1S/C16H16Cl2N2O/c1-10-6-7-12(17)8-15(10)19-9-16(21)20-14-5-3-4-13(18)11(14)2/h3-8,19H,9H2,1-2H3,(H,20,21). The lowest BCUT2D eigenvalue weighted by Crippen LogP contribution is -2.22. The average molecular weight is 323 g/mol.